The van der Waals surface area contributed by atoms with Gasteiger partial charge >= 0.3 is 0 Å². The number of anilines is 2. The quantitative estimate of drug-likeness (QED) is 0.740. The van der Waals surface area contributed by atoms with Crippen LogP contribution in [0.1, 0.15) is 17.5 Å². The third-order valence-electron chi connectivity index (χ3n) is 4.07. The molecule has 6 nitrogen and oxygen atoms in total. The second kappa shape index (κ2) is 7.85. The zero-order valence-electron chi connectivity index (χ0n) is 14.0. The van der Waals surface area contributed by atoms with Crippen LogP contribution in [0, 0.1) is 17.1 Å². The molecule has 0 spiro atoms. The summed E-state index contributed by atoms with van der Waals surface area (Å²) < 4.78 is 19.1. The molecule has 0 fully saturated rings. The van der Waals surface area contributed by atoms with Crippen molar-refractivity contribution in [1.82, 2.24) is 0 Å². The highest BCUT2D eigenvalue weighted by Crippen LogP contribution is 2.26. The Hall–Kier alpha value is -3.11. The first kappa shape index (κ1) is 17.7. The highest BCUT2D eigenvalue weighted by Gasteiger charge is 2.15. The molecule has 2 aromatic carbocycles. The highest BCUT2D eigenvalue weighted by molar-refractivity contribution is 5.94. The van der Waals surface area contributed by atoms with Gasteiger partial charge in [0.1, 0.15) is 35.9 Å². The molecule has 0 bridgehead atoms. The van der Waals surface area contributed by atoms with E-state index in [4.69, 9.17) is 10.00 Å². The maximum absolute atomic E-state index is 13.5. The number of halogens is 1. The number of nitrogens with zero attached hydrogens (tertiary/aromatic N) is 1. The number of nitrogens with one attached hydrogen (secondary N) is 2. The molecule has 0 aliphatic carbocycles. The lowest BCUT2D eigenvalue weighted by Crippen LogP contribution is -2.26. The summed E-state index contributed by atoms with van der Waals surface area (Å²) in [6.45, 7) is 0.147. The first-order chi connectivity index (χ1) is 12.6. The molecular weight excluding hydrogens is 337 g/mol. The second-order valence-corrected chi connectivity index (χ2v) is 5.99. The van der Waals surface area contributed by atoms with Crippen LogP contribution in [0.15, 0.2) is 36.4 Å². The van der Waals surface area contributed by atoms with Gasteiger partial charge in [-0.3, -0.25) is 4.79 Å². The summed E-state index contributed by atoms with van der Waals surface area (Å²) in [4.78, 5) is 11.4. The lowest BCUT2D eigenvalue weighted by molar-refractivity contribution is -0.116. The van der Waals surface area contributed by atoms with Crippen LogP contribution in [0.3, 0.4) is 0 Å². The van der Waals surface area contributed by atoms with E-state index in [-0.39, 0.29) is 24.6 Å². The standard InChI is InChI=1S/C19H18FN3O3/c20-16-2-1-3-18(15(16)9-21)22-10-13(24)11-26-14-5-6-17-12(8-14)4-7-19(25)23-17/h1-3,5-6,8,13,22,24H,4,7,10-11H2,(H,23,25)/t13-/m1/s1. The summed E-state index contributed by atoms with van der Waals surface area (Å²) in [6.07, 6.45) is 0.247. The SMILES string of the molecule is N#Cc1c(F)cccc1NC[C@@H](O)COc1ccc2c(c1)CCC(=O)N2. The number of carbonyl (C=O) groups is 1. The minimum atomic E-state index is -0.847. The van der Waals surface area contributed by atoms with Gasteiger partial charge in [0.15, 0.2) is 0 Å². The van der Waals surface area contributed by atoms with Gasteiger partial charge in [-0.15, -0.1) is 0 Å². The number of fused-ring (bicyclic) bond motifs is 1. The van der Waals surface area contributed by atoms with Gasteiger partial charge in [-0.25, -0.2) is 4.39 Å². The van der Waals surface area contributed by atoms with Gasteiger partial charge in [0.05, 0.1) is 5.69 Å². The summed E-state index contributed by atoms with van der Waals surface area (Å²) >= 11 is 0. The first-order valence-electron chi connectivity index (χ1n) is 8.23. The molecule has 1 aliphatic heterocycles. The molecule has 7 heteroatoms. The fourth-order valence-electron chi connectivity index (χ4n) is 2.71. The molecule has 0 saturated heterocycles. The van der Waals surface area contributed by atoms with Crippen LogP contribution in [0.4, 0.5) is 15.8 Å². The topological polar surface area (TPSA) is 94.4 Å². The summed E-state index contributed by atoms with van der Waals surface area (Å²) in [5.74, 6) is -0.00596. The van der Waals surface area contributed by atoms with Crippen molar-refractivity contribution >= 4 is 17.3 Å². The number of hydrogen-bond donors (Lipinski definition) is 3. The van der Waals surface area contributed by atoms with Gasteiger partial charge < -0.3 is 20.5 Å². The van der Waals surface area contributed by atoms with Crippen molar-refractivity contribution in [2.24, 2.45) is 0 Å². The zero-order valence-corrected chi connectivity index (χ0v) is 14.0. The summed E-state index contributed by atoms with van der Waals surface area (Å²) in [7, 11) is 0. The molecular formula is C19H18FN3O3. The van der Waals surface area contributed by atoms with Crippen molar-refractivity contribution in [3.63, 3.8) is 0 Å². The van der Waals surface area contributed by atoms with Gasteiger partial charge in [-0.05, 0) is 42.3 Å². The number of amides is 1. The zero-order chi connectivity index (χ0) is 18.5. The molecule has 1 amide bonds. The van der Waals surface area contributed by atoms with Crippen LogP contribution < -0.4 is 15.4 Å². The maximum atomic E-state index is 13.5. The third kappa shape index (κ3) is 4.10. The molecule has 0 radical (unpaired) electrons. The normalized spacial score (nSPS) is 14.0. The first-order valence-corrected chi connectivity index (χ1v) is 8.23. The molecule has 134 valence electrons. The monoisotopic (exact) mass is 355 g/mol. The fraction of sp³-hybridized carbons (Fsp3) is 0.263. The molecule has 3 N–H and O–H groups in total. The van der Waals surface area contributed by atoms with Crippen molar-refractivity contribution in [1.29, 1.82) is 5.26 Å². The van der Waals surface area contributed by atoms with E-state index in [2.05, 4.69) is 10.6 Å². The summed E-state index contributed by atoms with van der Waals surface area (Å²) in [5.41, 5.74) is 2.02. The molecule has 0 saturated carbocycles. The molecule has 0 unspecified atom stereocenters. The maximum Gasteiger partial charge on any atom is 0.224 e. The number of ether oxygens (including phenoxy) is 1. The molecule has 3 rings (SSSR count). The number of nitriles is 1. The molecule has 1 aliphatic rings. The number of aryl methyl sites for hydroxylation is 1. The number of carbonyl (C=O) groups excluding carboxylic acids is 1. The van der Waals surface area contributed by atoms with Crippen LogP contribution >= 0.6 is 0 Å². The Morgan fingerprint density at radius 3 is 3.00 bits per heavy atom. The number of hydrogen-bond acceptors (Lipinski definition) is 5. The smallest absolute Gasteiger partial charge is 0.224 e. The largest absolute Gasteiger partial charge is 0.491 e. The van der Waals surface area contributed by atoms with Crippen LogP contribution in [0.5, 0.6) is 5.75 Å². The molecule has 0 aromatic heterocycles. The average Bonchev–Trinajstić information content (AvgIpc) is 2.64. The van der Waals surface area contributed by atoms with Gasteiger partial charge in [0, 0.05) is 18.7 Å². The number of rotatable bonds is 6. The number of benzene rings is 2. The Balaban J connectivity index is 1.53. The van der Waals surface area contributed by atoms with Crippen LogP contribution in [0.25, 0.3) is 0 Å². The lowest BCUT2D eigenvalue weighted by atomic mass is 10.0. The van der Waals surface area contributed by atoms with Crippen molar-refractivity contribution in [3.8, 4) is 11.8 Å². The van der Waals surface area contributed by atoms with E-state index in [0.29, 0.717) is 24.3 Å². The van der Waals surface area contributed by atoms with E-state index in [1.165, 1.54) is 12.1 Å². The lowest BCUT2D eigenvalue weighted by Gasteiger charge is -2.19. The molecule has 26 heavy (non-hydrogen) atoms. The van der Waals surface area contributed by atoms with Crippen LogP contribution in [-0.4, -0.2) is 30.3 Å². The van der Waals surface area contributed by atoms with Crippen molar-refractivity contribution < 1.29 is 19.0 Å². The molecule has 1 heterocycles. The predicted molar refractivity (Wildman–Crippen MR) is 94.5 cm³/mol. The second-order valence-electron chi connectivity index (χ2n) is 5.99. The number of aliphatic hydroxyl groups excluding tert-OH is 1. The Bertz CT molecular complexity index is 864. The van der Waals surface area contributed by atoms with E-state index in [9.17, 15) is 14.3 Å². The third-order valence-corrected chi connectivity index (χ3v) is 4.07. The number of aliphatic hydroxyl groups is 1. The highest BCUT2D eigenvalue weighted by atomic mass is 19.1. The Morgan fingerprint density at radius 2 is 2.19 bits per heavy atom. The van der Waals surface area contributed by atoms with Gasteiger partial charge in [0.2, 0.25) is 5.91 Å². The Labute approximate surface area is 150 Å². The summed E-state index contributed by atoms with van der Waals surface area (Å²) in [5, 5.41) is 24.7. The van der Waals surface area contributed by atoms with Crippen molar-refractivity contribution in [2.45, 2.75) is 18.9 Å². The van der Waals surface area contributed by atoms with Crippen LogP contribution in [-0.2, 0) is 11.2 Å². The minimum Gasteiger partial charge on any atom is -0.491 e. The van der Waals surface area contributed by atoms with Crippen molar-refractivity contribution in [3.05, 3.63) is 53.3 Å². The van der Waals surface area contributed by atoms with E-state index in [0.717, 1.165) is 11.3 Å². The predicted octanol–water partition coefficient (Wildman–Crippen LogP) is 2.43. The van der Waals surface area contributed by atoms with E-state index < -0.39 is 11.9 Å². The average molecular weight is 355 g/mol. The Morgan fingerprint density at radius 1 is 1.35 bits per heavy atom. The minimum absolute atomic E-state index is 0.00162. The Kier molecular flexibility index (Phi) is 5.34. The fourth-order valence-corrected chi connectivity index (χ4v) is 2.71. The van der Waals surface area contributed by atoms with Crippen LogP contribution in [0.2, 0.25) is 0 Å². The summed E-state index contributed by atoms with van der Waals surface area (Å²) in [6, 6.07) is 11.4. The van der Waals surface area contributed by atoms with Crippen molar-refractivity contribution in [2.75, 3.05) is 23.8 Å². The van der Waals surface area contributed by atoms with E-state index in [1.54, 1.807) is 24.3 Å². The molecule has 1 atom stereocenters. The molecule has 2 aromatic rings. The van der Waals surface area contributed by atoms with E-state index in [1.807, 2.05) is 6.07 Å². The van der Waals surface area contributed by atoms with Gasteiger partial charge in [-0.2, -0.15) is 5.26 Å². The van der Waals surface area contributed by atoms with Gasteiger partial charge in [0.25, 0.3) is 0 Å². The van der Waals surface area contributed by atoms with Gasteiger partial charge in [-0.1, -0.05) is 6.07 Å². The van der Waals surface area contributed by atoms with E-state index >= 15 is 0 Å².